The molecule has 3 heteroatoms. The van der Waals surface area contributed by atoms with Gasteiger partial charge in [0.15, 0.2) is 0 Å². The van der Waals surface area contributed by atoms with Gasteiger partial charge in [0.25, 0.3) is 0 Å². The van der Waals surface area contributed by atoms with Crippen LogP contribution < -0.4 is 5.11 Å². The number of carboxylic acids is 1. The van der Waals surface area contributed by atoms with Gasteiger partial charge >= 0.3 is 0 Å². The lowest BCUT2D eigenvalue weighted by molar-refractivity contribution is -0.304. The fourth-order valence-corrected chi connectivity index (χ4v) is 2.55. The maximum absolute atomic E-state index is 10.4. The zero-order valence-electron chi connectivity index (χ0n) is 6.16. The lowest BCUT2D eigenvalue weighted by atomic mass is 10.0. The highest BCUT2D eigenvalue weighted by atomic mass is 32.2. The number of rotatable bonds is 1. The fourth-order valence-electron chi connectivity index (χ4n) is 1.13. The third-order valence-corrected chi connectivity index (χ3v) is 3.64. The first-order chi connectivity index (χ1) is 4.61. The highest BCUT2D eigenvalue weighted by Crippen LogP contribution is 2.37. The molecule has 1 rings (SSSR count). The zero-order valence-corrected chi connectivity index (χ0v) is 6.98. The number of hydrogen-bond donors (Lipinski definition) is 0. The predicted octanol–water partition coefficient (Wildman–Crippen LogP) is 0.266. The molecule has 0 aliphatic carbocycles. The largest absolute Gasteiger partial charge is 0.549 e. The Morgan fingerprint density at radius 2 is 2.20 bits per heavy atom. The highest BCUT2D eigenvalue weighted by Gasteiger charge is 2.29. The van der Waals surface area contributed by atoms with Gasteiger partial charge in [-0.15, -0.1) is 11.8 Å². The van der Waals surface area contributed by atoms with Gasteiger partial charge in [-0.25, -0.2) is 0 Å². The van der Waals surface area contributed by atoms with E-state index in [1.165, 1.54) is 11.8 Å². The van der Waals surface area contributed by atoms with Gasteiger partial charge in [-0.2, -0.15) is 0 Å². The van der Waals surface area contributed by atoms with Crippen molar-refractivity contribution in [2.75, 3.05) is 0 Å². The van der Waals surface area contributed by atoms with Crippen LogP contribution in [0.15, 0.2) is 0 Å². The average molecular weight is 159 g/mol. The van der Waals surface area contributed by atoms with Crippen molar-refractivity contribution in [3.63, 3.8) is 0 Å². The molecule has 1 fully saturated rings. The van der Waals surface area contributed by atoms with Gasteiger partial charge in [0, 0.05) is 10.5 Å². The standard InChI is InChI=1S/C7H12O2S/c1-4-3-6(7(8)9)10-5(4)2/h4-6H,3H2,1-2H3,(H,8,9)/p-1. The second-order valence-corrected chi connectivity index (χ2v) is 4.45. The van der Waals surface area contributed by atoms with Crippen LogP contribution in [0.2, 0.25) is 0 Å². The first-order valence-corrected chi connectivity index (χ1v) is 4.42. The van der Waals surface area contributed by atoms with Crippen molar-refractivity contribution in [1.82, 2.24) is 0 Å². The van der Waals surface area contributed by atoms with Crippen LogP contribution in [0, 0.1) is 5.92 Å². The SMILES string of the molecule is CC1CC(C(=O)[O-])SC1C. The van der Waals surface area contributed by atoms with Crippen molar-refractivity contribution >= 4 is 17.7 Å². The van der Waals surface area contributed by atoms with E-state index in [-0.39, 0.29) is 5.25 Å². The summed E-state index contributed by atoms with van der Waals surface area (Å²) in [5, 5.41) is 10.6. The quantitative estimate of drug-likeness (QED) is 0.551. The average Bonchev–Trinajstić information content (AvgIpc) is 2.13. The molecule has 1 heterocycles. The Morgan fingerprint density at radius 1 is 1.60 bits per heavy atom. The van der Waals surface area contributed by atoms with E-state index < -0.39 is 5.97 Å². The molecule has 0 radical (unpaired) electrons. The van der Waals surface area contributed by atoms with Crippen molar-refractivity contribution in [1.29, 1.82) is 0 Å². The third kappa shape index (κ3) is 1.45. The molecule has 0 aromatic heterocycles. The van der Waals surface area contributed by atoms with Gasteiger partial charge in [0.1, 0.15) is 0 Å². The van der Waals surface area contributed by atoms with Crippen LogP contribution in [0.1, 0.15) is 20.3 Å². The lowest BCUT2D eigenvalue weighted by Gasteiger charge is -2.08. The van der Waals surface area contributed by atoms with Crippen molar-refractivity contribution in [2.45, 2.75) is 30.8 Å². The van der Waals surface area contributed by atoms with Crippen molar-refractivity contribution < 1.29 is 9.90 Å². The van der Waals surface area contributed by atoms with Crippen LogP contribution in [0.25, 0.3) is 0 Å². The molecule has 58 valence electrons. The van der Waals surface area contributed by atoms with E-state index in [4.69, 9.17) is 0 Å². The molecule has 0 saturated carbocycles. The number of aliphatic carboxylic acids is 1. The minimum Gasteiger partial charge on any atom is -0.549 e. The summed E-state index contributed by atoms with van der Waals surface area (Å²) in [4.78, 5) is 10.4. The summed E-state index contributed by atoms with van der Waals surface area (Å²) < 4.78 is 0. The van der Waals surface area contributed by atoms with Crippen molar-refractivity contribution in [3.8, 4) is 0 Å². The molecule has 1 aliphatic rings. The molecular weight excluding hydrogens is 148 g/mol. The normalized spacial score (nSPS) is 40.0. The minimum atomic E-state index is -0.902. The molecule has 0 N–H and O–H groups in total. The fraction of sp³-hybridized carbons (Fsp3) is 0.857. The molecule has 0 amide bonds. The number of thioether (sulfide) groups is 1. The summed E-state index contributed by atoms with van der Waals surface area (Å²) in [6.07, 6.45) is 0.772. The van der Waals surface area contributed by atoms with Gasteiger partial charge in [0.2, 0.25) is 0 Å². The van der Waals surface area contributed by atoms with E-state index in [0.717, 1.165) is 6.42 Å². The molecule has 0 bridgehead atoms. The summed E-state index contributed by atoms with van der Waals surface area (Å²) >= 11 is 1.52. The second kappa shape index (κ2) is 2.82. The molecule has 10 heavy (non-hydrogen) atoms. The van der Waals surface area contributed by atoms with Crippen LogP contribution >= 0.6 is 11.8 Å². The van der Waals surface area contributed by atoms with E-state index in [9.17, 15) is 9.90 Å². The number of hydrogen-bond acceptors (Lipinski definition) is 3. The van der Waals surface area contributed by atoms with Crippen LogP contribution in [0.5, 0.6) is 0 Å². The Bertz CT molecular complexity index is 137. The molecule has 3 unspecified atom stereocenters. The van der Waals surface area contributed by atoms with Gasteiger partial charge in [-0.1, -0.05) is 13.8 Å². The summed E-state index contributed by atoms with van der Waals surface area (Å²) in [6.45, 7) is 4.15. The summed E-state index contributed by atoms with van der Waals surface area (Å²) in [5.74, 6) is -0.380. The van der Waals surface area contributed by atoms with Crippen LogP contribution in [0.4, 0.5) is 0 Å². The topological polar surface area (TPSA) is 40.1 Å². The molecule has 1 aliphatic heterocycles. The summed E-state index contributed by atoms with van der Waals surface area (Å²) in [7, 11) is 0. The Morgan fingerprint density at radius 3 is 2.40 bits per heavy atom. The Kier molecular flexibility index (Phi) is 2.24. The lowest BCUT2D eigenvalue weighted by Crippen LogP contribution is -2.32. The molecule has 1 saturated heterocycles. The van der Waals surface area contributed by atoms with Gasteiger partial charge in [0.05, 0.1) is 5.97 Å². The Hall–Kier alpha value is -0.180. The van der Waals surface area contributed by atoms with Crippen molar-refractivity contribution in [3.05, 3.63) is 0 Å². The van der Waals surface area contributed by atoms with Gasteiger partial charge in [-0.05, 0) is 12.3 Å². The first-order valence-electron chi connectivity index (χ1n) is 3.47. The second-order valence-electron chi connectivity index (χ2n) is 2.86. The van der Waals surface area contributed by atoms with Crippen LogP contribution in [-0.2, 0) is 4.79 Å². The number of carboxylic acid groups (broad SMARTS) is 1. The predicted molar refractivity (Wildman–Crippen MR) is 39.6 cm³/mol. The molecule has 0 aromatic carbocycles. The van der Waals surface area contributed by atoms with E-state index in [1.54, 1.807) is 0 Å². The van der Waals surface area contributed by atoms with Gasteiger partial charge < -0.3 is 9.90 Å². The molecule has 2 nitrogen and oxygen atoms in total. The van der Waals surface area contributed by atoms with Crippen LogP contribution in [-0.4, -0.2) is 16.5 Å². The Labute approximate surface area is 65.0 Å². The molecule has 0 aromatic rings. The summed E-state index contributed by atoms with van der Waals surface area (Å²) in [5.41, 5.74) is 0. The van der Waals surface area contributed by atoms with Crippen molar-refractivity contribution in [2.24, 2.45) is 5.92 Å². The maximum atomic E-state index is 10.4. The van der Waals surface area contributed by atoms with Crippen LogP contribution in [0.3, 0.4) is 0 Å². The molecule has 0 spiro atoms. The monoisotopic (exact) mass is 159 g/mol. The van der Waals surface area contributed by atoms with Gasteiger partial charge in [-0.3, -0.25) is 0 Å². The number of carbonyl (C=O) groups is 1. The van der Waals surface area contributed by atoms with E-state index in [0.29, 0.717) is 11.2 Å². The zero-order chi connectivity index (χ0) is 7.72. The minimum absolute atomic E-state index is 0.259. The number of carbonyl (C=O) groups excluding carboxylic acids is 1. The Balaban J connectivity index is 2.49. The summed E-state index contributed by atoms with van der Waals surface area (Å²) in [6, 6.07) is 0. The highest BCUT2D eigenvalue weighted by molar-refractivity contribution is 8.01. The van der Waals surface area contributed by atoms with E-state index in [1.807, 2.05) is 0 Å². The third-order valence-electron chi connectivity index (χ3n) is 2.03. The molecular formula is C7H11O2S-. The molecule has 3 atom stereocenters. The van der Waals surface area contributed by atoms with E-state index >= 15 is 0 Å². The first kappa shape index (κ1) is 7.92. The maximum Gasteiger partial charge on any atom is 0.0544 e. The van der Waals surface area contributed by atoms with E-state index in [2.05, 4.69) is 13.8 Å². The smallest absolute Gasteiger partial charge is 0.0544 e.